The van der Waals surface area contributed by atoms with E-state index in [1.165, 1.54) is 36.9 Å². The summed E-state index contributed by atoms with van der Waals surface area (Å²) in [5.41, 5.74) is 9.86. The minimum Gasteiger partial charge on any atom is -0.397 e. The Morgan fingerprint density at radius 3 is 2.61 bits per heavy atom. The van der Waals surface area contributed by atoms with Gasteiger partial charge in [0.25, 0.3) is 0 Å². The molecule has 1 aliphatic rings. The van der Waals surface area contributed by atoms with Crippen molar-refractivity contribution >= 4 is 11.4 Å². The Kier molecular flexibility index (Phi) is 7.22. The highest BCUT2D eigenvalue weighted by atomic mass is 15.1. The van der Waals surface area contributed by atoms with Gasteiger partial charge in [-0.1, -0.05) is 26.8 Å². The first-order chi connectivity index (χ1) is 11.1. The second kappa shape index (κ2) is 9.17. The maximum Gasteiger partial charge on any atom is 0.0600 e. The van der Waals surface area contributed by atoms with Crippen molar-refractivity contribution in [3.05, 3.63) is 23.8 Å². The summed E-state index contributed by atoms with van der Waals surface area (Å²) in [7, 11) is 0. The Balaban J connectivity index is 1.75. The van der Waals surface area contributed by atoms with Gasteiger partial charge < -0.3 is 16.0 Å². The Morgan fingerprint density at radius 1 is 1.22 bits per heavy atom. The zero-order valence-electron chi connectivity index (χ0n) is 15.3. The van der Waals surface area contributed by atoms with Gasteiger partial charge in [0.2, 0.25) is 0 Å². The van der Waals surface area contributed by atoms with Gasteiger partial charge in [0, 0.05) is 13.1 Å². The van der Waals surface area contributed by atoms with E-state index < -0.39 is 0 Å². The van der Waals surface area contributed by atoms with Crippen LogP contribution in [0.25, 0.3) is 0 Å². The van der Waals surface area contributed by atoms with Crippen LogP contribution in [0.2, 0.25) is 0 Å². The molecule has 2 rings (SSSR count). The second-order valence-electron chi connectivity index (χ2n) is 7.60. The third-order valence-corrected chi connectivity index (χ3v) is 4.93. The summed E-state index contributed by atoms with van der Waals surface area (Å²) in [5, 5.41) is 3.53. The van der Waals surface area contributed by atoms with Gasteiger partial charge in [-0.05, 0) is 74.7 Å². The van der Waals surface area contributed by atoms with Gasteiger partial charge in [-0.15, -0.1) is 0 Å². The number of nitrogens with one attached hydrogen (secondary N) is 1. The van der Waals surface area contributed by atoms with Crippen molar-refractivity contribution in [3.8, 4) is 0 Å². The SMILES string of the molecule is CC(C)CCNCCCc1ccc(N2CCC(C)CC2)c(N)c1. The topological polar surface area (TPSA) is 41.3 Å². The monoisotopic (exact) mass is 317 g/mol. The molecular formula is C20H35N3. The number of hydrogen-bond acceptors (Lipinski definition) is 3. The van der Waals surface area contributed by atoms with Crippen molar-refractivity contribution in [1.82, 2.24) is 5.32 Å². The van der Waals surface area contributed by atoms with Crippen LogP contribution in [0.3, 0.4) is 0 Å². The van der Waals surface area contributed by atoms with Crippen LogP contribution in [0.4, 0.5) is 11.4 Å². The molecule has 3 N–H and O–H groups in total. The third-order valence-electron chi connectivity index (χ3n) is 4.93. The number of anilines is 2. The Labute approximate surface area is 142 Å². The van der Waals surface area contributed by atoms with Crippen molar-refractivity contribution in [2.45, 2.75) is 52.9 Å². The van der Waals surface area contributed by atoms with Crippen molar-refractivity contribution in [1.29, 1.82) is 0 Å². The molecule has 3 nitrogen and oxygen atoms in total. The molecule has 1 fully saturated rings. The van der Waals surface area contributed by atoms with E-state index in [0.717, 1.165) is 50.1 Å². The quantitative estimate of drug-likeness (QED) is 0.561. The number of piperidine rings is 1. The maximum absolute atomic E-state index is 6.31. The Morgan fingerprint density at radius 2 is 1.96 bits per heavy atom. The van der Waals surface area contributed by atoms with E-state index >= 15 is 0 Å². The van der Waals surface area contributed by atoms with Crippen LogP contribution in [0, 0.1) is 11.8 Å². The van der Waals surface area contributed by atoms with Crippen LogP contribution in [-0.2, 0) is 6.42 Å². The second-order valence-corrected chi connectivity index (χ2v) is 7.60. The molecule has 1 aliphatic heterocycles. The molecule has 3 heteroatoms. The number of nitrogens with two attached hydrogens (primary N) is 1. The normalized spacial score (nSPS) is 16.3. The molecule has 0 bridgehead atoms. The van der Waals surface area contributed by atoms with Crippen LogP contribution in [0.1, 0.15) is 52.0 Å². The third kappa shape index (κ3) is 6.06. The van der Waals surface area contributed by atoms with Crippen molar-refractivity contribution in [3.63, 3.8) is 0 Å². The first-order valence-electron chi connectivity index (χ1n) is 9.40. The highest BCUT2D eigenvalue weighted by Crippen LogP contribution is 2.29. The minimum atomic E-state index is 0.785. The van der Waals surface area contributed by atoms with Crippen LogP contribution in [-0.4, -0.2) is 26.2 Å². The molecule has 0 spiro atoms. The summed E-state index contributed by atoms with van der Waals surface area (Å²) < 4.78 is 0. The van der Waals surface area contributed by atoms with E-state index in [2.05, 4.69) is 49.2 Å². The Bertz CT molecular complexity index is 462. The molecule has 0 radical (unpaired) electrons. The first kappa shape index (κ1) is 18.1. The summed E-state index contributed by atoms with van der Waals surface area (Å²) >= 11 is 0. The van der Waals surface area contributed by atoms with E-state index in [1.54, 1.807) is 0 Å². The van der Waals surface area contributed by atoms with Crippen LogP contribution in [0.5, 0.6) is 0 Å². The van der Waals surface area contributed by atoms with Gasteiger partial charge >= 0.3 is 0 Å². The standard InChI is InChI=1S/C20H35N3/c1-16(2)8-12-22-11-4-5-18-6-7-20(19(21)15-18)23-13-9-17(3)10-14-23/h6-7,15-17,22H,4-5,8-14,21H2,1-3H3. The first-order valence-corrected chi connectivity index (χ1v) is 9.40. The van der Waals surface area contributed by atoms with E-state index in [9.17, 15) is 0 Å². The number of benzene rings is 1. The van der Waals surface area contributed by atoms with Gasteiger partial charge in [-0.3, -0.25) is 0 Å². The summed E-state index contributed by atoms with van der Waals surface area (Å²) in [6.07, 6.45) is 6.11. The molecular weight excluding hydrogens is 282 g/mol. The number of nitrogens with zero attached hydrogens (tertiary/aromatic N) is 1. The number of nitrogen functional groups attached to an aromatic ring is 1. The molecule has 130 valence electrons. The van der Waals surface area contributed by atoms with Gasteiger partial charge in [0.05, 0.1) is 11.4 Å². The van der Waals surface area contributed by atoms with Gasteiger partial charge in [-0.25, -0.2) is 0 Å². The fourth-order valence-electron chi connectivity index (χ4n) is 3.23. The Hall–Kier alpha value is -1.22. The minimum absolute atomic E-state index is 0.785. The smallest absolute Gasteiger partial charge is 0.0600 e. The summed E-state index contributed by atoms with van der Waals surface area (Å²) in [5.74, 6) is 1.64. The lowest BCUT2D eigenvalue weighted by Gasteiger charge is -2.33. The lowest BCUT2D eigenvalue weighted by atomic mass is 9.98. The molecule has 0 amide bonds. The summed E-state index contributed by atoms with van der Waals surface area (Å²) in [4.78, 5) is 2.45. The zero-order valence-corrected chi connectivity index (χ0v) is 15.3. The fourth-order valence-corrected chi connectivity index (χ4v) is 3.23. The molecule has 1 saturated heterocycles. The average Bonchev–Trinajstić information content (AvgIpc) is 2.52. The fraction of sp³-hybridized carbons (Fsp3) is 0.700. The maximum atomic E-state index is 6.31. The molecule has 0 saturated carbocycles. The van der Waals surface area contributed by atoms with Crippen LogP contribution in [0.15, 0.2) is 18.2 Å². The summed E-state index contributed by atoms with van der Waals surface area (Å²) in [6, 6.07) is 6.67. The largest absolute Gasteiger partial charge is 0.397 e. The van der Waals surface area contributed by atoms with Gasteiger partial charge in [0.1, 0.15) is 0 Å². The number of hydrogen-bond donors (Lipinski definition) is 2. The van der Waals surface area contributed by atoms with Crippen molar-refractivity contribution in [2.75, 3.05) is 36.8 Å². The molecule has 0 aromatic heterocycles. The highest BCUT2D eigenvalue weighted by Gasteiger charge is 2.17. The van der Waals surface area contributed by atoms with E-state index in [4.69, 9.17) is 5.73 Å². The molecule has 0 atom stereocenters. The van der Waals surface area contributed by atoms with Crippen molar-refractivity contribution < 1.29 is 0 Å². The highest BCUT2D eigenvalue weighted by molar-refractivity contribution is 5.68. The lowest BCUT2D eigenvalue weighted by molar-refractivity contribution is 0.438. The molecule has 0 unspecified atom stereocenters. The predicted molar refractivity (Wildman–Crippen MR) is 102 cm³/mol. The van der Waals surface area contributed by atoms with Gasteiger partial charge in [0.15, 0.2) is 0 Å². The molecule has 1 heterocycles. The van der Waals surface area contributed by atoms with Crippen LogP contribution >= 0.6 is 0 Å². The summed E-state index contributed by atoms with van der Waals surface area (Å²) in [6.45, 7) is 11.4. The number of rotatable bonds is 8. The van der Waals surface area contributed by atoms with Gasteiger partial charge in [-0.2, -0.15) is 0 Å². The lowest BCUT2D eigenvalue weighted by Crippen LogP contribution is -2.33. The average molecular weight is 318 g/mol. The van der Waals surface area contributed by atoms with E-state index in [1.807, 2.05) is 0 Å². The van der Waals surface area contributed by atoms with E-state index in [0.29, 0.717) is 0 Å². The van der Waals surface area contributed by atoms with E-state index in [-0.39, 0.29) is 0 Å². The van der Waals surface area contributed by atoms with Crippen LogP contribution < -0.4 is 16.0 Å². The molecule has 1 aromatic rings. The number of aryl methyl sites for hydroxylation is 1. The zero-order chi connectivity index (χ0) is 16.7. The molecule has 0 aliphatic carbocycles. The van der Waals surface area contributed by atoms with Crippen molar-refractivity contribution in [2.24, 2.45) is 11.8 Å². The molecule has 23 heavy (non-hydrogen) atoms. The molecule has 1 aromatic carbocycles. The predicted octanol–water partition coefficient (Wildman–Crippen LogP) is 4.07.